The number of nitrogens with one attached hydrogen (secondary N) is 2. The van der Waals surface area contributed by atoms with E-state index in [1.807, 2.05) is 54.6 Å². The van der Waals surface area contributed by atoms with Crippen molar-refractivity contribution in [1.82, 2.24) is 15.2 Å². The number of ether oxygens (including phenoxy) is 1. The van der Waals surface area contributed by atoms with Crippen molar-refractivity contribution >= 4 is 17.5 Å². The van der Waals surface area contributed by atoms with Crippen molar-refractivity contribution in [2.24, 2.45) is 0 Å². The van der Waals surface area contributed by atoms with E-state index in [1.54, 1.807) is 6.20 Å². The third kappa shape index (κ3) is 4.73. The van der Waals surface area contributed by atoms with Crippen molar-refractivity contribution < 1.29 is 4.74 Å². The van der Waals surface area contributed by atoms with Crippen molar-refractivity contribution in [2.75, 3.05) is 10.6 Å². The maximum absolute atomic E-state index is 5.98. The van der Waals surface area contributed by atoms with Crippen LogP contribution in [0, 0.1) is 0 Å². The monoisotopic (exact) mass is 361 g/mol. The van der Waals surface area contributed by atoms with Crippen LogP contribution >= 0.6 is 0 Å². The van der Waals surface area contributed by atoms with Crippen molar-refractivity contribution in [3.8, 4) is 11.5 Å². The molecule has 1 aliphatic rings. The summed E-state index contributed by atoms with van der Waals surface area (Å²) < 4.78 is 5.98. The fourth-order valence-corrected chi connectivity index (χ4v) is 3.28. The summed E-state index contributed by atoms with van der Waals surface area (Å²) in [7, 11) is 0. The largest absolute Gasteiger partial charge is 0.455 e. The number of anilines is 3. The van der Waals surface area contributed by atoms with Crippen LogP contribution in [0.2, 0.25) is 0 Å². The molecule has 0 bridgehead atoms. The zero-order chi connectivity index (χ0) is 18.3. The Bertz CT molecular complexity index is 865. The van der Waals surface area contributed by atoms with Crippen LogP contribution in [-0.4, -0.2) is 21.2 Å². The number of rotatable bonds is 6. The Morgan fingerprint density at radius 2 is 1.67 bits per heavy atom. The van der Waals surface area contributed by atoms with E-state index in [1.165, 1.54) is 32.1 Å². The molecule has 6 nitrogen and oxygen atoms in total. The molecule has 1 fully saturated rings. The highest BCUT2D eigenvalue weighted by molar-refractivity contribution is 5.63. The lowest BCUT2D eigenvalue weighted by Gasteiger charge is -2.23. The van der Waals surface area contributed by atoms with E-state index < -0.39 is 0 Å². The Morgan fingerprint density at radius 3 is 2.52 bits per heavy atom. The highest BCUT2D eigenvalue weighted by Crippen LogP contribution is 2.30. The lowest BCUT2D eigenvalue weighted by Crippen LogP contribution is -2.23. The fraction of sp³-hybridized carbons (Fsp3) is 0.286. The van der Waals surface area contributed by atoms with Crippen molar-refractivity contribution in [1.29, 1.82) is 0 Å². The van der Waals surface area contributed by atoms with E-state index in [0.717, 1.165) is 17.3 Å². The zero-order valence-corrected chi connectivity index (χ0v) is 15.1. The molecule has 138 valence electrons. The minimum atomic E-state index is 0.444. The molecule has 1 aliphatic carbocycles. The molecule has 1 aromatic heterocycles. The molecular formula is C21H23N5O. The first kappa shape index (κ1) is 17.3. The summed E-state index contributed by atoms with van der Waals surface area (Å²) in [4.78, 5) is 4.56. The minimum absolute atomic E-state index is 0.444. The molecule has 0 spiro atoms. The van der Waals surface area contributed by atoms with E-state index in [-0.39, 0.29) is 0 Å². The maximum Gasteiger partial charge on any atom is 0.249 e. The molecule has 1 saturated carbocycles. The van der Waals surface area contributed by atoms with Crippen LogP contribution in [0.15, 0.2) is 60.8 Å². The normalized spacial score (nSPS) is 14.5. The highest BCUT2D eigenvalue weighted by atomic mass is 16.5. The van der Waals surface area contributed by atoms with E-state index in [9.17, 15) is 0 Å². The third-order valence-electron chi connectivity index (χ3n) is 4.62. The molecule has 0 radical (unpaired) electrons. The van der Waals surface area contributed by atoms with Gasteiger partial charge in [-0.2, -0.15) is 10.1 Å². The van der Waals surface area contributed by atoms with E-state index in [0.29, 0.717) is 17.7 Å². The summed E-state index contributed by atoms with van der Waals surface area (Å²) in [6.45, 7) is 0. The van der Waals surface area contributed by atoms with E-state index in [4.69, 9.17) is 4.74 Å². The molecule has 2 N–H and O–H groups in total. The molecule has 1 heterocycles. The molecule has 4 rings (SSSR count). The number of nitrogens with zero attached hydrogens (tertiary/aromatic N) is 3. The van der Waals surface area contributed by atoms with Gasteiger partial charge < -0.3 is 15.4 Å². The average Bonchev–Trinajstić information content (AvgIpc) is 2.71. The van der Waals surface area contributed by atoms with Crippen molar-refractivity contribution in [2.45, 2.75) is 38.1 Å². The number of hydrogen-bond donors (Lipinski definition) is 2. The summed E-state index contributed by atoms with van der Waals surface area (Å²) in [5, 5.41) is 14.9. The Labute approximate surface area is 159 Å². The van der Waals surface area contributed by atoms with Crippen LogP contribution in [0.3, 0.4) is 0 Å². The van der Waals surface area contributed by atoms with Gasteiger partial charge in [0.25, 0.3) is 0 Å². The zero-order valence-electron chi connectivity index (χ0n) is 15.1. The Kier molecular flexibility index (Phi) is 5.43. The van der Waals surface area contributed by atoms with Gasteiger partial charge in [-0.05, 0) is 37.1 Å². The lowest BCUT2D eigenvalue weighted by molar-refractivity contribution is 0.461. The van der Waals surface area contributed by atoms with Crippen LogP contribution in [0.4, 0.5) is 17.5 Å². The number of benzene rings is 2. The summed E-state index contributed by atoms with van der Waals surface area (Å²) in [5.41, 5.74) is 0.790. The predicted octanol–water partition coefficient (Wildman–Crippen LogP) is 5.15. The van der Waals surface area contributed by atoms with Gasteiger partial charge in [0, 0.05) is 6.04 Å². The molecular weight excluding hydrogens is 338 g/mol. The topological polar surface area (TPSA) is 72.0 Å². The van der Waals surface area contributed by atoms with Crippen molar-refractivity contribution in [3.05, 3.63) is 60.8 Å². The Morgan fingerprint density at radius 1 is 0.889 bits per heavy atom. The molecule has 0 amide bonds. The quantitative estimate of drug-likeness (QED) is 0.632. The SMILES string of the molecule is c1ccc(Oc2ccccc2Nc2nncc(NC3CCCCC3)n2)cc1. The van der Waals surface area contributed by atoms with Gasteiger partial charge in [0.2, 0.25) is 5.95 Å². The Balaban J connectivity index is 1.48. The van der Waals surface area contributed by atoms with Gasteiger partial charge in [-0.25, -0.2) is 0 Å². The smallest absolute Gasteiger partial charge is 0.249 e. The van der Waals surface area contributed by atoms with Gasteiger partial charge >= 0.3 is 0 Å². The third-order valence-corrected chi connectivity index (χ3v) is 4.62. The van der Waals surface area contributed by atoms with Gasteiger partial charge in [-0.1, -0.05) is 49.6 Å². The predicted molar refractivity (Wildman–Crippen MR) is 107 cm³/mol. The number of para-hydroxylation sites is 3. The average molecular weight is 361 g/mol. The number of hydrogen-bond acceptors (Lipinski definition) is 6. The van der Waals surface area contributed by atoms with Crippen LogP contribution in [0.25, 0.3) is 0 Å². The molecule has 0 atom stereocenters. The van der Waals surface area contributed by atoms with Crippen LogP contribution in [-0.2, 0) is 0 Å². The van der Waals surface area contributed by atoms with E-state index in [2.05, 4.69) is 25.8 Å². The summed E-state index contributed by atoms with van der Waals surface area (Å²) in [6, 6.07) is 17.9. The van der Waals surface area contributed by atoms with Crippen molar-refractivity contribution in [3.63, 3.8) is 0 Å². The highest BCUT2D eigenvalue weighted by Gasteiger charge is 2.14. The minimum Gasteiger partial charge on any atom is -0.455 e. The second-order valence-electron chi connectivity index (χ2n) is 6.68. The molecule has 0 saturated heterocycles. The molecule has 6 heteroatoms. The Hall–Kier alpha value is -3.15. The summed E-state index contributed by atoms with van der Waals surface area (Å²) >= 11 is 0. The van der Waals surface area contributed by atoms with Crippen LogP contribution in [0.1, 0.15) is 32.1 Å². The fourth-order valence-electron chi connectivity index (χ4n) is 3.28. The van der Waals surface area contributed by atoms with Gasteiger partial charge in [-0.3, -0.25) is 0 Å². The molecule has 27 heavy (non-hydrogen) atoms. The first-order valence-corrected chi connectivity index (χ1v) is 9.42. The molecule has 3 aromatic rings. The lowest BCUT2D eigenvalue weighted by atomic mass is 9.96. The summed E-state index contributed by atoms with van der Waals surface area (Å²) in [5.74, 6) is 2.68. The second kappa shape index (κ2) is 8.49. The molecule has 0 unspecified atom stereocenters. The second-order valence-corrected chi connectivity index (χ2v) is 6.68. The van der Waals surface area contributed by atoms with E-state index >= 15 is 0 Å². The van der Waals surface area contributed by atoms with Gasteiger partial charge in [-0.15, -0.1) is 5.10 Å². The van der Waals surface area contributed by atoms with Crippen LogP contribution < -0.4 is 15.4 Å². The maximum atomic E-state index is 5.98. The molecule has 0 aliphatic heterocycles. The number of aromatic nitrogens is 3. The van der Waals surface area contributed by atoms with Gasteiger partial charge in [0.15, 0.2) is 11.6 Å². The first-order valence-electron chi connectivity index (χ1n) is 9.42. The standard InChI is InChI=1S/C21H23N5O/c1-3-9-16(10-4-1)23-20-15-22-26-21(25-20)24-18-13-7-8-14-19(18)27-17-11-5-2-6-12-17/h2,5-8,11-16H,1,3-4,9-10H2,(H2,23,24,25,26). The molecule has 2 aromatic carbocycles. The van der Waals surface area contributed by atoms with Gasteiger partial charge in [0.1, 0.15) is 5.75 Å². The summed E-state index contributed by atoms with van der Waals surface area (Å²) in [6.07, 6.45) is 7.90. The first-order chi connectivity index (χ1) is 13.4. The van der Waals surface area contributed by atoms with Crippen LogP contribution in [0.5, 0.6) is 11.5 Å². The van der Waals surface area contributed by atoms with Gasteiger partial charge in [0.05, 0.1) is 11.9 Å².